The van der Waals surface area contributed by atoms with Crippen molar-refractivity contribution in [1.29, 1.82) is 0 Å². The summed E-state index contributed by atoms with van der Waals surface area (Å²) >= 11 is 0. The van der Waals surface area contributed by atoms with Crippen LogP contribution in [0.5, 0.6) is 0 Å². The van der Waals surface area contributed by atoms with Gasteiger partial charge in [-0.3, -0.25) is 4.79 Å². The number of hydrogen-bond acceptors (Lipinski definition) is 5. The first-order valence-electron chi connectivity index (χ1n) is 4.98. The molecule has 0 aliphatic rings. The number of hydrogen-bond donors (Lipinski definition) is 2. The smallest absolute Gasteiger partial charge is 0.220 e. The zero-order chi connectivity index (χ0) is 11.1. The Bertz CT molecular complexity index is 282. The van der Waals surface area contributed by atoms with E-state index in [0.717, 1.165) is 6.42 Å². The third kappa shape index (κ3) is 4.07. The molecule has 0 fully saturated rings. The topological polar surface area (TPSA) is 94.0 Å². The minimum Gasteiger partial charge on any atom is -0.349 e. The van der Waals surface area contributed by atoms with Gasteiger partial charge in [0.1, 0.15) is 0 Å². The lowest BCUT2D eigenvalue weighted by molar-refractivity contribution is -0.122. The molecule has 3 N–H and O–H groups in total. The Morgan fingerprint density at radius 3 is 3.07 bits per heavy atom. The molecule has 84 valence electrons. The Morgan fingerprint density at radius 1 is 1.73 bits per heavy atom. The molecule has 15 heavy (non-hydrogen) atoms. The third-order valence-corrected chi connectivity index (χ3v) is 2.24. The molecule has 0 radical (unpaired) electrons. The fraction of sp³-hybridized carbons (Fsp3) is 0.667. The number of carbonyl (C=O) groups excluding carboxylic acids is 1. The van der Waals surface area contributed by atoms with E-state index >= 15 is 0 Å². The molecule has 0 aliphatic carbocycles. The van der Waals surface area contributed by atoms with E-state index in [9.17, 15) is 4.79 Å². The summed E-state index contributed by atoms with van der Waals surface area (Å²) in [5, 5.41) is 6.29. The number of aromatic nitrogens is 2. The van der Waals surface area contributed by atoms with Crippen molar-refractivity contribution in [2.75, 3.05) is 6.54 Å². The third-order valence-electron chi connectivity index (χ3n) is 2.24. The molecule has 0 aliphatic heterocycles. The van der Waals surface area contributed by atoms with Crippen LogP contribution >= 0.6 is 0 Å². The first-order valence-corrected chi connectivity index (χ1v) is 4.98. The van der Waals surface area contributed by atoms with Crippen molar-refractivity contribution in [3.63, 3.8) is 0 Å². The van der Waals surface area contributed by atoms with Crippen molar-refractivity contribution in [1.82, 2.24) is 15.5 Å². The molecule has 1 rings (SSSR count). The zero-order valence-electron chi connectivity index (χ0n) is 8.77. The van der Waals surface area contributed by atoms with Gasteiger partial charge in [0.25, 0.3) is 0 Å². The van der Waals surface area contributed by atoms with Crippen molar-refractivity contribution >= 4 is 5.91 Å². The molecule has 0 saturated carbocycles. The predicted octanol–water partition coefficient (Wildman–Crippen LogP) is 0.0608. The van der Waals surface area contributed by atoms with Crippen molar-refractivity contribution in [3.05, 3.63) is 12.2 Å². The van der Waals surface area contributed by atoms with Gasteiger partial charge in [0.15, 0.2) is 5.82 Å². The second-order valence-corrected chi connectivity index (χ2v) is 3.34. The maximum atomic E-state index is 11.4. The van der Waals surface area contributed by atoms with Gasteiger partial charge in [-0.1, -0.05) is 18.5 Å². The average Bonchev–Trinajstić information content (AvgIpc) is 2.75. The first-order chi connectivity index (χ1) is 7.26. The van der Waals surface area contributed by atoms with Gasteiger partial charge in [-0.25, -0.2) is 0 Å². The molecule has 1 amide bonds. The minimum atomic E-state index is -0.0305. The van der Waals surface area contributed by atoms with E-state index in [1.54, 1.807) is 0 Å². The van der Waals surface area contributed by atoms with Crippen molar-refractivity contribution in [2.45, 2.75) is 26.3 Å². The number of rotatable bonds is 6. The molecule has 1 atom stereocenters. The quantitative estimate of drug-likeness (QED) is 0.695. The lowest BCUT2D eigenvalue weighted by Crippen LogP contribution is -2.27. The molecule has 0 aromatic carbocycles. The summed E-state index contributed by atoms with van der Waals surface area (Å²) in [5.41, 5.74) is 5.50. The highest BCUT2D eigenvalue weighted by atomic mass is 16.5. The summed E-state index contributed by atoms with van der Waals surface area (Å²) in [4.78, 5) is 15.2. The molecule has 1 aromatic rings. The second-order valence-electron chi connectivity index (χ2n) is 3.34. The lowest BCUT2D eigenvalue weighted by atomic mass is 10.0. The standard InChI is InChI=1S/C9H16N4O2/c1-2-7(4-10)3-9(14)11-5-8-12-6-15-13-8/h6-7H,2-5,10H2,1H3,(H,11,14). The van der Waals surface area contributed by atoms with Gasteiger partial charge in [0.05, 0.1) is 6.54 Å². The lowest BCUT2D eigenvalue weighted by Gasteiger charge is -2.10. The summed E-state index contributed by atoms with van der Waals surface area (Å²) in [6, 6.07) is 0. The first kappa shape index (κ1) is 11.6. The van der Waals surface area contributed by atoms with E-state index in [1.807, 2.05) is 6.92 Å². The van der Waals surface area contributed by atoms with Gasteiger partial charge < -0.3 is 15.6 Å². The number of nitrogens with zero attached hydrogens (tertiary/aromatic N) is 2. The maximum absolute atomic E-state index is 11.4. The van der Waals surface area contributed by atoms with Crippen molar-refractivity contribution in [3.8, 4) is 0 Å². The average molecular weight is 212 g/mol. The highest BCUT2D eigenvalue weighted by Crippen LogP contribution is 2.05. The Morgan fingerprint density at radius 2 is 2.53 bits per heavy atom. The normalized spacial score (nSPS) is 12.4. The number of amides is 1. The van der Waals surface area contributed by atoms with Crippen LogP contribution in [-0.2, 0) is 11.3 Å². The highest BCUT2D eigenvalue weighted by molar-refractivity contribution is 5.76. The van der Waals surface area contributed by atoms with Crippen LogP contribution < -0.4 is 11.1 Å². The monoisotopic (exact) mass is 212 g/mol. The molecular weight excluding hydrogens is 196 g/mol. The van der Waals surface area contributed by atoms with Crippen LogP contribution in [0.2, 0.25) is 0 Å². The van der Waals surface area contributed by atoms with Gasteiger partial charge in [0.2, 0.25) is 12.3 Å². The van der Waals surface area contributed by atoms with Gasteiger partial charge >= 0.3 is 0 Å². The van der Waals surface area contributed by atoms with E-state index < -0.39 is 0 Å². The summed E-state index contributed by atoms with van der Waals surface area (Å²) in [6.07, 6.45) is 2.59. The van der Waals surface area contributed by atoms with Gasteiger partial charge in [-0.2, -0.15) is 4.98 Å². The molecule has 6 nitrogen and oxygen atoms in total. The Kier molecular flexibility index (Phi) is 4.76. The summed E-state index contributed by atoms with van der Waals surface area (Å²) in [7, 11) is 0. The number of carbonyl (C=O) groups is 1. The molecule has 1 unspecified atom stereocenters. The van der Waals surface area contributed by atoms with Crippen LogP contribution in [0.1, 0.15) is 25.6 Å². The van der Waals surface area contributed by atoms with Crippen molar-refractivity contribution in [2.24, 2.45) is 11.7 Å². The largest absolute Gasteiger partial charge is 0.349 e. The van der Waals surface area contributed by atoms with Crippen LogP contribution in [0, 0.1) is 5.92 Å². The molecule has 0 saturated heterocycles. The molecule has 1 aromatic heterocycles. The fourth-order valence-corrected chi connectivity index (χ4v) is 1.18. The van der Waals surface area contributed by atoms with E-state index in [-0.39, 0.29) is 11.8 Å². The predicted molar refractivity (Wildman–Crippen MR) is 53.6 cm³/mol. The van der Waals surface area contributed by atoms with Crippen LogP contribution in [0.15, 0.2) is 10.9 Å². The molecule has 0 bridgehead atoms. The number of nitrogens with one attached hydrogen (secondary N) is 1. The minimum absolute atomic E-state index is 0.0305. The van der Waals surface area contributed by atoms with Gasteiger partial charge in [-0.05, 0) is 12.5 Å². The molecule has 1 heterocycles. The molecule has 0 spiro atoms. The van der Waals surface area contributed by atoms with Crippen LogP contribution in [-0.4, -0.2) is 22.6 Å². The number of nitrogens with two attached hydrogens (primary N) is 1. The van der Waals surface area contributed by atoms with Crippen molar-refractivity contribution < 1.29 is 9.32 Å². The Balaban J connectivity index is 2.24. The highest BCUT2D eigenvalue weighted by Gasteiger charge is 2.10. The second kappa shape index (κ2) is 6.13. The Labute approximate surface area is 88.2 Å². The fourth-order valence-electron chi connectivity index (χ4n) is 1.18. The summed E-state index contributed by atoms with van der Waals surface area (Å²) in [6.45, 7) is 2.85. The van der Waals surface area contributed by atoms with E-state index in [4.69, 9.17) is 5.73 Å². The van der Waals surface area contributed by atoms with E-state index in [1.165, 1.54) is 6.39 Å². The van der Waals surface area contributed by atoms with E-state index in [0.29, 0.717) is 25.3 Å². The van der Waals surface area contributed by atoms with Crippen LogP contribution in [0.25, 0.3) is 0 Å². The molecular formula is C9H16N4O2. The Hall–Kier alpha value is -1.43. The SMILES string of the molecule is CCC(CN)CC(=O)NCc1ncon1. The van der Waals surface area contributed by atoms with Crippen LogP contribution in [0.4, 0.5) is 0 Å². The molecule has 6 heteroatoms. The van der Waals surface area contributed by atoms with E-state index in [2.05, 4.69) is 20.0 Å². The summed E-state index contributed by atoms with van der Waals surface area (Å²) in [5.74, 6) is 0.691. The van der Waals surface area contributed by atoms with Gasteiger partial charge in [0, 0.05) is 6.42 Å². The van der Waals surface area contributed by atoms with Gasteiger partial charge in [-0.15, -0.1) is 0 Å². The maximum Gasteiger partial charge on any atom is 0.220 e. The zero-order valence-corrected chi connectivity index (χ0v) is 8.77. The summed E-state index contributed by atoms with van der Waals surface area (Å²) < 4.78 is 4.54. The van der Waals surface area contributed by atoms with Crippen LogP contribution in [0.3, 0.4) is 0 Å².